The molecule has 1 atom stereocenters. The third-order valence-electron chi connectivity index (χ3n) is 5.61. The van der Waals surface area contributed by atoms with E-state index in [0.717, 1.165) is 16.0 Å². The Morgan fingerprint density at radius 1 is 0.788 bits per heavy atom. The topological polar surface area (TPSA) is 95.6 Å². The van der Waals surface area contributed by atoms with Crippen LogP contribution in [0.15, 0.2) is 72.8 Å². The first kappa shape index (κ1) is 22.0. The second-order valence-corrected chi connectivity index (χ2v) is 7.91. The molecule has 2 N–H and O–H groups in total. The fraction of sp³-hybridized carbons (Fsp3) is 0.154. The minimum Gasteiger partial charge on any atom is -0.339 e. The quantitative estimate of drug-likeness (QED) is 0.573. The Kier molecular flexibility index (Phi) is 6.04. The molecule has 0 bridgehead atoms. The summed E-state index contributed by atoms with van der Waals surface area (Å²) in [5.41, 5.74) is 3.58. The zero-order chi connectivity index (χ0) is 23.5. The van der Waals surface area contributed by atoms with Crippen molar-refractivity contribution >= 4 is 29.3 Å². The molecular formula is C26H23N3O4. The maximum atomic E-state index is 13.2. The number of carbonyl (C=O) groups is 4. The summed E-state index contributed by atoms with van der Waals surface area (Å²) in [6.07, 6.45) is 0. The van der Waals surface area contributed by atoms with Crippen LogP contribution in [0.1, 0.15) is 43.4 Å². The van der Waals surface area contributed by atoms with Gasteiger partial charge in [0.05, 0.1) is 11.1 Å². The van der Waals surface area contributed by atoms with E-state index >= 15 is 0 Å². The predicted molar refractivity (Wildman–Crippen MR) is 124 cm³/mol. The summed E-state index contributed by atoms with van der Waals surface area (Å²) in [4.78, 5) is 52.2. The van der Waals surface area contributed by atoms with Crippen molar-refractivity contribution in [1.82, 2.24) is 10.2 Å². The van der Waals surface area contributed by atoms with Gasteiger partial charge in [-0.05, 0) is 42.7 Å². The number of amides is 4. The van der Waals surface area contributed by atoms with Crippen molar-refractivity contribution in [2.45, 2.75) is 19.9 Å². The average molecular weight is 441 g/mol. The standard InChI is InChI=1S/C26H23N3O4/c1-16-9-8-10-17(2)22(16)28-24(31)23(18-11-4-3-5-12-18)27-21(30)15-29-25(32)19-13-6-7-14-20(19)26(29)33/h3-14,23H,15H2,1-2H3,(H,27,30)(H,28,31)/t23-/m1/s1. The number of imide groups is 1. The summed E-state index contributed by atoms with van der Waals surface area (Å²) in [5.74, 6) is -2.09. The third-order valence-corrected chi connectivity index (χ3v) is 5.61. The number of para-hydroxylation sites is 1. The van der Waals surface area contributed by atoms with Gasteiger partial charge in [-0.3, -0.25) is 24.1 Å². The van der Waals surface area contributed by atoms with E-state index in [9.17, 15) is 19.2 Å². The van der Waals surface area contributed by atoms with Crippen molar-refractivity contribution in [3.05, 3.63) is 101 Å². The highest BCUT2D eigenvalue weighted by Gasteiger charge is 2.37. The number of nitrogens with one attached hydrogen (secondary N) is 2. The van der Waals surface area contributed by atoms with Gasteiger partial charge in [0.2, 0.25) is 5.91 Å². The van der Waals surface area contributed by atoms with Gasteiger partial charge in [0, 0.05) is 5.69 Å². The number of hydrogen-bond acceptors (Lipinski definition) is 4. The Morgan fingerprint density at radius 2 is 1.33 bits per heavy atom. The number of aryl methyl sites for hydroxylation is 2. The van der Waals surface area contributed by atoms with Crippen LogP contribution >= 0.6 is 0 Å². The second kappa shape index (κ2) is 9.08. The summed E-state index contributed by atoms with van der Waals surface area (Å²) < 4.78 is 0. The van der Waals surface area contributed by atoms with E-state index in [-0.39, 0.29) is 11.1 Å². The Hall–Kier alpha value is -4.26. The van der Waals surface area contributed by atoms with Gasteiger partial charge in [-0.25, -0.2) is 0 Å². The molecule has 3 aromatic rings. The Morgan fingerprint density at radius 3 is 1.91 bits per heavy atom. The number of anilines is 1. The first-order valence-electron chi connectivity index (χ1n) is 10.5. The van der Waals surface area contributed by atoms with Crippen LogP contribution in [0.4, 0.5) is 5.69 Å². The van der Waals surface area contributed by atoms with Crippen molar-refractivity contribution in [2.24, 2.45) is 0 Å². The molecule has 7 nitrogen and oxygen atoms in total. The molecule has 0 aliphatic carbocycles. The SMILES string of the molecule is Cc1cccc(C)c1NC(=O)[C@H](NC(=O)CN1C(=O)c2ccccc2C1=O)c1ccccc1. The maximum Gasteiger partial charge on any atom is 0.262 e. The van der Waals surface area contributed by atoms with Gasteiger partial charge in [0.25, 0.3) is 17.7 Å². The molecule has 3 aromatic carbocycles. The highest BCUT2D eigenvalue weighted by molar-refractivity contribution is 6.22. The number of benzene rings is 3. The van der Waals surface area contributed by atoms with Gasteiger partial charge in [0.15, 0.2) is 0 Å². The third kappa shape index (κ3) is 4.39. The molecule has 1 heterocycles. The van der Waals surface area contributed by atoms with Gasteiger partial charge >= 0.3 is 0 Å². The molecule has 0 saturated heterocycles. The lowest BCUT2D eigenvalue weighted by Gasteiger charge is -2.22. The van der Waals surface area contributed by atoms with Crippen LogP contribution in [-0.4, -0.2) is 35.1 Å². The number of nitrogens with zero attached hydrogens (tertiary/aromatic N) is 1. The van der Waals surface area contributed by atoms with Crippen LogP contribution in [0.5, 0.6) is 0 Å². The molecule has 166 valence electrons. The van der Waals surface area contributed by atoms with Crippen molar-refractivity contribution in [3.8, 4) is 0 Å². The summed E-state index contributed by atoms with van der Waals surface area (Å²) in [6, 6.07) is 19.9. The van der Waals surface area contributed by atoms with Gasteiger partial charge in [-0.1, -0.05) is 60.7 Å². The molecule has 33 heavy (non-hydrogen) atoms. The molecule has 0 radical (unpaired) electrons. The first-order chi connectivity index (χ1) is 15.9. The van der Waals surface area contributed by atoms with Crippen LogP contribution in [0.25, 0.3) is 0 Å². The van der Waals surface area contributed by atoms with Gasteiger partial charge in [-0.2, -0.15) is 0 Å². The monoisotopic (exact) mass is 441 g/mol. The van der Waals surface area contributed by atoms with E-state index < -0.39 is 36.2 Å². The van der Waals surface area contributed by atoms with Gasteiger partial charge in [0.1, 0.15) is 12.6 Å². The summed E-state index contributed by atoms with van der Waals surface area (Å²) in [6.45, 7) is 3.30. The summed E-state index contributed by atoms with van der Waals surface area (Å²) in [7, 11) is 0. The lowest BCUT2D eigenvalue weighted by Crippen LogP contribution is -2.44. The lowest BCUT2D eigenvalue weighted by molar-refractivity contribution is -0.126. The molecule has 1 aliphatic rings. The van der Waals surface area contributed by atoms with Crippen LogP contribution in [0.3, 0.4) is 0 Å². The van der Waals surface area contributed by atoms with E-state index in [0.29, 0.717) is 11.3 Å². The molecule has 1 aliphatic heterocycles. The van der Waals surface area contributed by atoms with E-state index in [4.69, 9.17) is 0 Å². The fourth-order valence-electron chi connectivity index (χ4n) is 3.89. The Balaban J connectivity index is 1.54. The molecule has 0 fully saturated rings. The Labute approximate surface area is 191 Å². The number of hydrogen-bond donors (Lipinski definition) is 2. The minimum absolute atomic E-state index is 0.266. The van der Waals surface area contributed by atoms with Crippen LogP contribution in [-0.2, 0) is 9.59 Å². The fourth-order valence-corrected chi connectivity index (χ4v) is 3.89. The lowest BCUT2D eigenvalue weighted by atomic mass is 10.0. The molecule has 0 spiro atoms. The van der Waals surface area contributed by atoms with Crippen molar-refractivity contribution in [2.75, 3.05) is 11.9 Å². The second-order valence-electron chi connectivity index (χ2n) is 7.91. The van der Waals surface area contributed by atoms with Gasteiger partial charge < -0.3 is 10.6 Å². The zero-order valence-corrected chi connectivity index (χ0v) is 18.3. The number of rotatable bonds is 6. The number of fused-ring (bicyclic) bond motifs is 1. The smallest absolute Gasteiger partial charge is 0.262 e. The summed E-state index contributed by atoms with van der Waals surface area (Å²) >= 11 is 0. The summed E-state index contributed by atoms with van der Waals surface area (Å²) in [5, 5.41) is 5.60. The van der Waals surface area contributed by atoms with E-state index in [2.05, 4.69) is 10.6 Å². The first-order valence-corrected chi connectivity index (χ1v) is 10.5. The van der Waals surface area contributed by atoms with Gasteiger partial charge in [-0.15, -0.1) is 0 Å². The molecule has 7 heteroatoms. The Bertz CT molecular complexity index is 1200. The molecule has 0 saturated carbocycles. The average Bonchev–Trinajstić information content (AvgIpc) is 3.05. The van der Waals surface area contributed by atoms with Crippen LogP contribution in [0.2, 0.25) is 0 Å². The molecule has 4 rings (SSSR count). The normalized spacial score (nSPS) is 13.5. The molecule has 0 aromatic heterocycles. The van der Waals surface area contributed by atoms with E-state index in [1.54, 1.807) is 48.5 Å². The highest BCUT2D eigenvalue weighted by atomic mass is 16.2. The van der Waals surface area contributed by atoms with E-state index in [1.807, 2.05) is 38.1 Å². The molecule has 4 amide bonds. The van der Waals surface area contributed by atoms with Crippen molar-refractivity contribution in [1.29, 1.82) is 0 Å². The zero-order valence-electron chi connectivity index (χ0n) is 18.3. The maximum absolute atomic E-state index is 13.2. The van der Waals surface area contributed by atoms with Crippen LogP contribution in [0, 0.1) is 13.8 Å². The highest BCUT2D eigenvalue weighted by Crippen LogP contribution is 2.24. The van der Waals surface area contributed by atoms with Crippen molar-refractivity contribution < 1.29 is 19.2 Å². The molecular weight excluding hydrogens is 418 g/mol. The van der Waals surface area contributed by atoms with E-state index in [1.165, 1.54) is 0 Å². The number of carbonyl (C=O) groups excluding carboxylic acids is 4. The largest absolute Gasteiger partial charge is 0.339 e. The molecule has 0 unspecified atom stereocenters. The van der Waals surface area contributed by atoms with Crippen LogP contribution < -0.4 is 10.6 Å². The minimum atomic E-state index is -1.01. The van der Waals surface area contributed by atoms with Crippen molar-refractivity contribution in [3.63, 3.8) is 0 Å². The predicted octanol–water partition coefficient (Wildman–Crippen LogP) is 3.40.